The van der Waals surface area contributed by atoms with Crippen LogP contribution in [0.3, 0.4) is 0 Å². The number of carbonyl (C=O) groups is 3. The minimum Gasteiger partial charge on any atom is -0.493 e. The lowest BCUT2D eigenvalue weighted by molar-refractivity contribution is -0.141. The number of esters is 1. The van der Waals surface area contributed by atoms with E-state index in [2.05, 4.69) is 5.32 Å². The van der Waals surface area contributed by atoms with Gasteiger partial charge in [0.1, 0.15) is 6.04 Å². The second kappa shape index (κ2) is 11.1. The van der Waals surface area contributed by atoms with Gasteiger partial charge in [0.15, 0.2) is 23.0 Å². The summed E-state index contributed by atoms with van der Waals surface area (Å²) in [5, 5.41) is 2.51. The van der Waals surface area contributed by atoms with Crippen molar-refractivity contribution >= 4 is 29.7 Å². The van der Waals surface area contributed by atoms with Crippen molar-refractivity contribution < 1.29 is 42.8 Å². The smallest absolute Gasteiger partial charge is 0.413 e. The van der Waals surface area contributed by atoms with Gasteiger partial charge in [-0.2, -0.15) is 11.8 Å². The number of fused-ring (bicyclic) bond motifs is 3. The number of nitrogens with one attached hydrogen (secondary N) is 1. The minimum absolute atomic E-state index is 0.0129. The molecule has 2 amide bonds. The average molecular weight is 559 g/mol. The van der Waals surface area contributed by atoms with Crippen LogP contribution in [-0.4, -0.2) is 63.6 Å². The van der Waals surface area contributed by atoms with Gasteiger partial charge in [0, 0.05) is 11.8 Å². The first-order chi connectivity index (χ1) is 18.8. The topological polar surface area (TPSA) is 145 Å². The molecule has 0 saturated carbocycles. The molecule has 11 nitrogen and oxygen atoms in total. The van der Waals surface area contributed by atoms with Crippen molar-refractivity contribution in [2.75, 3.05) is 39.6 Å². The highest BCUT2D eigenvalue weighted by atomic mass is 32.2. The predicted octanol–water partition coefficient (Wildman–Crippen LogP) is 2.61. The molecule has 208 valence electrons. The van der Waals surface area contributed by atoms with Gasteiger partial charge in [-0.3, -0.25) is 9.59 Å². The minimum atomic E-state index is -0.891. The zero-order valence-corrected chi connectivity index (χ0v) is 22.6. The quantitative estimate of drug-likeness (QED) is 0.441. The Labute approximate surface area is 229 Å². The summed E-state index contributed by atoms with van der Waals surface area (Å²) in [6.45, 7) is 0.475. The fourth-order valence-electron chi connectivity index (χ4n) is 5.47. The zero-order valence-electron chi connectivity index (χ0n) is 21.8. The van der Waals surface area contributed by atoms with Gasteiger partial charge < -0.3 is 39.5 Å². The van der Waals surface area contributed by atoms with Crippen molar-refractivity contribution in [2.45, 2.75) is 24.8 Å². The number of nitrogens with two attached hydrogens (primary N) is 1. The summed E-state index contributed by atoms with van der Waals surface area (Å²) in [5.74, 6) is 0.627. The Bertz CT molecular complexity index is 1280. The van der Waals surface area contributed by atoms with E-state index in [4.69, 9.17) is 34.2 Å². The molecule has 0 unspecified atom stereocenters. The molecule has 3 N–H and O–H groups in total. The largest absolute Gasteiger partial charge is 0.493 e. The van der Waals surface area contributed by atoms with Crippen LogP contribution in [0.5, 0.6) is 28.7 Å². The molecule has 4 atom stereocenters. The Kier molecular flexibility index (Phi) is 7.65. The van der Waals surface area contributed by atoms with Crippen LogP contribution in [0.1, 0.15) is 29.0 Å². The van der Waals surface area contributed by atoms with Crippen molar-refractivity contribution in [1.29, 1.82) is 0 Å². The van der Waals surface area contributed by atoms with E-state index in [1.165, 1.54) is 26.0 Å². The third kappa shape index (κ3) is 5.12. The highest BCUT2D eigenvalue weighted by Gasteiger charge is 2.48. The van der Waals surface area contributed by atoms with E-state index in [1.54, 1.807) is 12.1 Å². The Morgan fingerprint density at radius 3 is 2.44 bits per heavy atom. The summed E-state index contributed by atoms with van der Waals surface area (Å²) >= 11 is 1.53. The first-order valence-electron chi connectivity index (χ1n) is 12.5. The van der Waals surface area contributed by atoms with Crippen LogP contribution >= 0.6 is 11.8 Å². The molecular formula is C27H30N2O9S. The number of rotatable bonds is 9. The van der Waals surface area contributed by atoms with Crippen LogP contribution < -0.4 is 34.7 Å². The van der Waals surface area contributed by atoms with E-state index in [9.17, 15) is 14.4 Å². The maximum Gasteiger partial charge on any atom is 0.413 e. The SMILES string of the molecule is COc1cc([C@@H]2c3cc4c(cc3C[C@H]3COC(=O)[C@@H]32)OCO4)cc(OC)c1OC(=O)N[C@@H](CCSC)C(N)=O. The van der Waals surface area contributed by atoms with E-state index in [0.29, 0.717) is 36.7 Å². The number of primary amides is 1. The number of methoxy groups -OCH3 is 2. The summed E-state index contributed by atoms with van der Waals surface area (Å²) < 4.78 is 33.4. The van der Waals surface area contributed by atoms with E-state index >= 15 is 0 Å². The molecule has 0 radical (unpaired) electrons. The lowest BCUT2D eigenvalue weighted by Crippen LogP contribution is -2.45. The van der Waals surface area contributed by atoms with E-state index < -0.39 is 24.0 Å². The molecule has 0 spiro atoms. The molecular weight excluding hydrogens is 528 g/mol. The number of hydrogen-bond donors (Lipinski definition) is 2. The Morgan fingerprint density at radius 2 is 1.79 bits per heavy atom. The fraction of sp³-hybridized carbons (Fsp3) is 0.444. The van der Waals surface area contributed by atoms with E-state index in [1.807, 2.05) is 18.4 Å². The number of thioether (sulfide) groups is 1. The first-order valence-corrected chi connectivity index (χ1v) is 13.9. The molecule has 0 aromatic heterocycles. The molecule has 5 rings (SSSR count). The number of cyclic esters (lactones) is 1. The van der Waals surface area contributed by atoms with Crippen LogP contribution in [0, 0.1) is 11.8 Å². The maximum atomic E-state index is 12.9. The van der Waals surface area contributed by atoms with Crippen molar-refractivity contribution in [2.24, 2.45) is 17.6 Å². The molecule has 1 saturated heterocycles. The number of carbonyl (C=O) groups excluding carboxylic acids is 3. The molecule has 3 aliphatic rings. The molecule has 2 aromatic rings. The number of amides is 2. The summed E-state index contributed by atoms with van der Waals surface area (Å²) in [5.41, 5.74) is 8.13. The number of ether oxygens (including phenoxy) is 6. The van der Waals surface area contributed by atoms with Gasteiger partial charge in [-0.05, 0) is 65.8 Å². The molecule has 1 fully saturated rings. The Balaban J connectivity index is 1.51. The third-order valence-corrected chi connectivity index (χ3v) is 7.96. The summed E-state index contributed by atoms with van der Waals surface area (Å²) in [4.78, 5) is 37.5. The Hall–Kier alpha value is -3.80. The lowest BCUT2D eigenvalue weighted by Gasteiger charge is -2.34. The van der Waals surface area contributed by atoms with Crippen LogP contribution in [0.4, 0.5) is 4.79 Å². The van der Waals surface area contributed by atoms with Crippen molar-refractivity contribution in [3.63, 3.8) is 0 Å². The van der Waals surface area contributed by atoms with Crippen LogP contribution in [0.25, 0.3) is 0 Å². The summed E-state index contributed by atoms with van der Waals surface area (Å²) in [6, 6.07) is 6.43. The summed E-state index contributed by atoms with van der Waals surface area (Å²) in [6.07, 6.45) is 2.04. The van der Waals surface area contributed by atoms with Gasteiger partial charge in [-0.1, -0.05) is 0 Å². The van der Waals surface area contributed by atoms with Gasteiger partial charge in [0.05, 0.1) is 26.7 Å². The average Bonchev–Trinajstić information content (AvgIpc) is 3.54. The van der Waals surface area contributed by atoms with Crippen molar-refractivity contribution in [3.05, 3.63) is 41.0 Å². The van der Waals surface area contributed by atoms with Gasteiger partial charge >= 0.3 is 12.1 Å². The van der Waals surface area contributed by atoms with E-state index in [0.717, 1.165) is 16.7 Å². The second-order valence-electron chi connectivity index (χ2n) is 9.53. The van der Waals surface area contributed by atoms with Crippen LogP contribution in [-0.2, 0) is 20.7 Å². The van der Waals surface area contributed by atoms with E-state index in [-0.39, 0.29) is 41.8 Å². The van der Waals surface area contributed by atoms with Gasteiger partial charge in [0.25, 0.3) is 0 Å². The van der Waals surface area contributed by atoms with Gasteiger partial charge in [-0.15, -0.1) is 0 Å². The highest BCUT2D eigenvalue weighted by molar-refractivity contribution is 7.98. The zero-order chi connectivity index (χ0) is 27.7. The third-order valence-electron chi connectivity index (χ3n) is 7.31. The molecule has 1 aliphatic carbocycles. The Morgan fingerprint density at radius 1 is 1.10 bits per heavy atom. The molecule has 0 bridgehead atoms. The second-order valence-corrected chi connectivity index (χ2v) is 10.5. The maximum absolute atomic E-state index is 12.9. The molecule has 2 heterocycles. The highest BCUT2D eigenvalue weighted by Crippen LogP contribution is 2.52. The molecule has 2 aliphatic heterocycles. The normalized spacial score (nSPS) is 21.3. The first kappa shape index (κ1) is 26.8. The monoisotopic (exact) mass is 558 g/mol. The molecule has 2 aromatic carbocycles. The van der Waals surface area contributed by atoms with Crippen LogP contribution in [0.15, 0.2) is 24.3 Å². The number of hydrogen-bond acceptors (Lipinski definition) is 10. The van der Waals surface area contributed by atoms with Gasteiger partial charge in [-0.25, -0.2) is 4.79 Å². The standard InChI is InChI=1S/C27H30N2O9S/c1-33-20-8-14(9-21(34-2)24(20)38-27(32)29-17(25(28)30)4-5-39-3)22-16-10-19-18(36-12-37-19)7-13(16)6-15-11-35-26(31)23(15)22/h7-10,15,17,22-23H,4-6,11-12H2,1-3H3,(H2,28,30)(H,29,32)/t15-,17-,22+,23-/m0/s1. The summed E-state index contributed by atoms with van der Waals surface area (Å²) in [7, 11) is 2.88. The number of benzene rings is 2. The fourth-order valence-corrected chi connectivity index (χ4v) is 5.94. The lowest BCUT2D eigenvalue weighted by atomic mass is 9.67. The predicted molar refractivity (Wildman–Crippen MR) is 141 cm³/mol. The molecule has 39 heavy (non-hydrogen) atoms. The van der Waals surface area contributed by atoms with Crippen molar-refractivity contribution in [3.8, 4) is 28.7 Å². The van der Waals surface area contributed by atoms with Gasteiger partial charge in [0.2, 0.25) is 18.4 Å². The molecule has 12 heteroatoms. The van der Waals surface area contributed by atoms with Crippen LogP contribution in [0.2, 0.25) is 0 Å². The van der Waals surface area contributed by atoms with Crippen molar-refractivity contribution in [1.82, 2.24) is 5.32 Å².